The van der Waals surface area contributed by atoms with Gasteiger partial charge in [0.25, 0.3) is 0 Å². The van der Waals surface area contributed by atoms with Gasteiger partial charge in [-0.15, -0.1) is 16.8 Å². The Balaban J connectivity index is 1.63. The van der Waals surface area contributed by atoms with Crippen LogP contribution in [0.1, 0.15) is 5.82 Å². The van der Waals surface area contributed by atoms with Gasteiger partial charge >= 0.3 is 0 Å². The van der Waals surface area contributed by atoms with Crippen LogP contribution in [-0.2, 0) is 17.9 Å². The number of ether oxygens (including phenoxy) is 2. The standard InChI is InChI=1S/C21H20ClFN4O3S/c1-3-10-27-19(12-30-16-7-5-15(23)6-8-16)25-26-21(27)31-13-20(28)24-17-11-14(22)4-9-18(17)29-2/h3-9,11H,1,10,12-13H2,2H3,(H,24,28). The molecule has 1 amide bonds. The van der Waals surface area contributed by atoms with Gasteiger partial charge in [-0.1, -0.05) is 29.4 Å². The van der Waals surface area contributed by atoms with Crippen LogP contribution in [-0.4, -0.2) is 33.5 Å². The maximum atomic E-state index is 13.0. The number of allylic oxidation sites excluding steroid dienone is 1. The lowest BCUT2D eigenvalue weighted by Gasteiger charge is -2.11. The number of methoxy groups -OCH3 is 1. The fraction of sp³-hybridized carbons (Fsp3) is 0.190. The highest BCUT2D eigenvalue weighted by Crippen LogP contribution is 2.28. The van der Waals surface area contributed by atoms with Crippen LogP contribution in [0.25, 0.3) is 0 Å². The SMILES string of the molecule is C=CCn1c(COc2ccc(F)cc2)nnc1SCC(=O)Nc1cc(Cl)ccc1OC. The Labute approximate surface area is 188 Å². The van der Waals surface area contributed by atoms with E-state index in [1.54, 1.807) is 28.8 Å². The van der Waals surface area contributed by atoms with Crippen LogP contribution in [0.3, 0.4) is 0 Å². The van der Waals surface area contributed by atoms with Crippen LogP contribution < -0.4 is 14.8 Å². The Hall–Kier alpha value is -3.04. The van der Waals surface area contributed by atoms with Crippen LogP contribution in [0, 0.1) is 5.82 Å². The first-order valence-corrected chi connectivity index (χ1v) is 10.5. The molecular formula is C21H20ClFN4O3S. The number of rotatable bonds is 10. The number of carbonyl (C=O) groups excluding carboxylic acids is 1. The number of nitrogens with zero attached hydrogens (tertiary/aromatic N) is 3. The Morgan fingerprint density at radius 1 is 1.29 bits per heavy atom. The van der Waals surface area contributed by atoms with Crippen molar-refractivity contribution in [3.8, 4) is 11.5 Å². The van der Waals surface area contributed by atoms with Crippen molar-refractivity contribution in [3.05, 3.63) is 71.8 Å². The highest BCUT2D eigenvalue weighted by molar-refractivity contribution is 7.99. The third-order valence-electron chi connectivity index (χ3n) is 4.05. The molecule has 2 aromatic carbocycles. The highest BCUT2D eigenvalue weighted by atomic mass is 35.5. The number of thioether (sulfide) groups is 1. The second-order valence-corrected chi connectivity index (χ2v) is 7.60. The fourth-order valence-electron chi connectivity index (χ4n) is 2.62. The van der Waals surface area contributed by atoms with Gasteiger partial charge in [0, 0.05) is 11.6 Å². The predicted molar refractivity (Wildman–Crippen MR) is 118 cm³/mol. The number of aromatic nitrogens is 3. The Bertz CT molecular complexity index is 1060. The summed E-state index contributed by atoms with van der Waals surface area (Å²) >= 11 is 7.22. The zero-order chi connectivity index (χ0) is 22.2. The molecule has 31 heavy (non-hydrogen) atoms. The van der Waals surface area contributed by atoms with Crippen LogP contribution in [0.4, 0.5) is 10.1 Å². The van der Waals surface area contributed by atoms with Gasteiger partial charge in [0.15, 0.2) is 11.0 Å². The van der Waals surface area contributed by atoms with Crippen molar-refractivity contribution in [3.63, 3.8) is 0 Å². The molecule has 1 heterocycles. The molecule has 0 fully saturated rings. The topological polar surface area (TPSA) is 78.3 Å². The maximum absolute atomic E-state index is 13.0. The molecule has 3 rings (SSSR count). The first kappa shape index (κ1) is 22.6. The quantitative estimate of drug-likeness (QED) is 0.351. The Morgan fingerprint density at radius 2 is 2.06 bits per heavy atom. The van der Waals surface area contributed by atoms with Crippen LogP contribution in [0.15, 0.2) is 60.3 Å². The zero-order valence-electron chi connectivity index (χ0n) is 16.7. The summed E-state index contributed by atoms with van der Waals surface area (Å²) in [5.41, 5.74) is 0.488. The molecule has 0 bridgehead atoms. The number of hydrogen-bond donors (Lipinski definition) is 1. The average molecular weight is 463 g/mol. The second kappa shape index (κ2) is 10.8. The summed E-state index contributed by atoms with van der Waals surface area (Å²) in [7, 11) is 1.51. The van der Waals surface area contributed by atoms with Gasteiger partial charge in [-0.3, -0.25) is 9.36 Å². The molecule has 0 aliphatic rings. The second-order valence-electron chi connectivity index (χ2n) is 6.22. The lowest BCUT2D eigenvalue weighted by molar-refractivity contribution is -0.113. The summed E-state index contributed by atoms with van der Waals surface area (Å²) in [6.07, 6.45) is 1.70. The normalized spacial score (nSPS) is 10.5. The van der Waals surface area contributed by atoms with Gasteiger partial charge in [0.2, 0.25) is 5.91 Å². The number of amides is 1. The smallest absolute Gasteiger partial charge is 0.234 e. The predicted octanol–water partition coefficient (Wildman–Crippen LogP) is 4.58. The summed E-state index contributed by atoms with van der Waals surface area (Å²) in [4.78, 5) is 12.4. The average Bonchev–Trinajstić information content (AvgIpc) is 3.14. The molecule has 0 spiro atoms. The first-order valence-electron chi connectivity index (χ1n) is 9.17. The van der Waals surface area contributed by atoms with E-state index >= 15 is 0 Å². The van der Waals surface area contributed by atoms with Crippen LogP contribution >= 0.6 is 23.4 Å². The van der Waals surface area contributed by atoms with Crippen LogP contribution in [0.5, 0.6) is 11.5 Å². The number of hydrogen-bond acceptors (Lipinski definition) is 6. The van der Waals surface area contributed by atoms with E-state index in [-0.39, 0.29) is 24.1 Å². The summed E-state index contributed by atoms with van der Waals surface area (Å²) in [5.74, 6) is 1.10. The maximum Gasteiger partial charge on any atom is 0.234 e. The van der Waals surface area contributed by atoms with Gasteiger partial charge < -0.3 is 14.8 Å². The van der Waals surface area contributed by atoms with Gasteiger partial charge in [0.1, 0.15) is 23.9 Å². The Morgan fingerprint density at radius 3 is 2.77 bits per heavy atom. The zero-order valence-corrected chi connectivity index (χ0v) is 18.3. The molecule has 0 aliphatic carbocycles. The van der Waals surface area contributed by atoms with Crippen molar-refractivity contribution in [2.75, 3.05) is 18.2 Å². The monoisotopic (exact) mass is 462 g/mol. The van der Waals surface area contributed by atoms with Gasteiger partial charge in [-0.2, -0.15) is 0 Å². The van der Waals surface area contributed by atoms with E-state index in [2.05, 4.69) is 22.1 Å². The molecule has 0 aliphatic heterocycles. The molecule has 1 N–H and O–H groups in total. The summed E-state index contributed by atoms with van der Waals surface area (Å²) < 4.78 is 25.7. The summed E-state index contributed by atoms with van der Waals surface area (Å²) in [6.45, 7) is 4.33. The third-order valence-corrected chi connectivity index (χ3v) is 5.26. The van der Waals surface area contributed by atoms with Crippen molar-refractivity contribution < 1.29 is 18.7 Å². The fourth-order valence-corrected chi connectivity index (χ4v) is 3.56. The van der Waals surface area contributed by atoms with Crippen molar-refractivity contribution in [1.29, 1.82) is 0 Å². The molecule has 162 valence electrons. The number of carbonyl (C=O) groups is 1. The first-order chi connectivity index (χ1) is 15.0. The van der Waals surface area contributed by atoms with E-state index in [0.29, 0.717) is 39.7 Å². The van der Waals surface area contributed by atoms with Gasteiger partial charge in [0.05, 0.1) is 18.6 Å². The molecule has 0 atom stereocenters. The van der Waals surface area contributed by atoms with Crippen molar-refractivity contribution in [1.82, 2.24) is 14.8 Å². The van der Waals surface area contributed by atoms with Crippen molar-refractivity contribution in [2.45, 2.75) is 18.3 Å². The summed E-state index contributed by atoms with van der Waals surface area (Å²) in [6, 6.07) is 10.7. The molecule has 0 saturated heterocycles. The number of halogens is 2. The minimum Gasteiger partial charge on any atom is -0.495 e. The molecule has 0 saturated carbocycles. The van der Waals surface area contributed by atoms with E-state index in [9.17, 15) is 9.18 Å². The van der Waals surface area contributed by atoms with E-state index in [1.807, 2.05) is 0 Å². The lowest BCUT2D eigenvalue weighted by Crippen LogP contribution is -2.15. The minimum absolute atomic E-state index is 0.101. The van der Waals surface area contributed by atoms with E-state index < -0.39 is 0 Å². The number of nitrogens with one attached hydrogen (secondary N) is 1. The number of anilines is 1. The molecule has 0 radical (unpaired) electrons. The molecule has 7 nitrogen and oxygen atoms in total. The van der Waals surface area contributed by atoms with Gasteiger partial charge in [-0.25, -0.2) is 4.39 Å². The lowest BCUT2D eigenvalue weighted by atomic mass is 10.3. The molecule has 10 heteroatoms. The molecule has 1 aromatic heterocycles. The largest absolute Gasteiger partial charge is 0.495 e. The molecular weight excluding hydrogens is 443 g/mol. The number of benzene rings is 2. The van der Waals surface area contributed by atoms with Crippen molar-refractivity contribution >= 4 is 35.0 Å². The van der Waals surface area contributed by atoms with E-state index in [0.717, 1.165) is 0 Å². The van der Waals surface area contributed by atoms with Crippen LogP contribution in [0.2, 0.25) is 5.02 Å². The van der Waals surface area contributed by atoms with Crippen molar-refractivity contribution in [2.24, 2.45) is 0 Å². The molecule has 0 unspecified atom stereocenters. The third kappa shape index (κ3) is 6.22. The van der Waals surface area contributed by atoms with Gasteiger partial charge in [-0.05, 0) is 42.5 Å². The minimum atomic E-state index is -0.338. The van der Waals surface area contributed by atoms with E-state index in [1.165, 1.54) is 43.1 Å². The Kier molecular flexibility index (Phi) is 7.91. The highest BCUT2D eigenvalue weighted by Gasteiger charge is 2.15. The molecule has 3 aromatic rings. The summed E-state index contributed by atoms with van der Waals surface area (Å²) in [5, 5.41) is 12.1. The van der Waals surface area contributed by atoms with E-state index in [4.69, 9.17) is 21.1 Å².